The molecular weight excluding hydrogens is 352 g/mol. The lowest BCUT2D eigenvalue weighted by Crippen LogP contribution is -2.23. The SMILES string of the molecule is CCCNC(=O)c1ccc(-n2cc(-c3cnc(N)c4ccccc34)nn2)cc1. The van der Waals surface area contributed by atoms with E-state index in [1.807, 2.05) is 49.5 Å². The molecule has 0 unspecified atom stereocenters. The van der Waals surface area contributed by atoms with E-state index in [1.165, 1.54) is 0 Å². The summed E-state index contributed by atoms with van der Waals surface area (Å²) in [6, 6.07) is 15.1. The van der Waals surface area contributed by atoms with Crippen LogP contribution in [-0.4, -0.2) is 32.4 Å². The monoisotopic (exact) mass is 372 g/mol. The van der Waals surface area contributed by atoms with Crippen LogP contribution in [0, 0.1) is 0 Å². The Labute approximate surface area is 162 Å². The molecule has 0 aliphatic heterocycles. The second-order valence-corrected chi connectivity index (χ2v) is 6.45. The molecule has 0 aliphatic carbocycles. The highest BCUT2D eigenvalue weighted by molar-refractivity contribution is 6.00. The van der Waals surface area contributed by atoms with Crippen LogP contribution in [0.1, 0.15) is 23.7 Å². The summed E-state index contributed by atoms with van der Waals surface area (Å²) in [6.45, 7) is 2.68. The number of carbonyl (C=O) groups is 1. The molecule has 0 aliphatic rings. The number of nitrogen functional groups attached to an aromatic ring is 1. The van der Waals surface area contributed by atoms with Crippen molar-refractivity contribution in [2.75, 3.05) is 12.3 Å². The van der Waals surface area contributed by atoms with Crippen LogP contribution in [0.25, 0.3) is 27.7 Å². The third-order valence-electron chi connectivity index (χ3n) is 4.52. The molecule has 0 radical (unpaired) electrons. The number of carbonyl (C=O) groups excluding carboxylic acids is 1. The van der Waals surface area contributed by atoms with Crippen molar-refractivity contribution in [3.8, 4) is 16.9 Å². The molecule has 2 aromatic carbocycles. The van der Waals surface area contributed by atoms with Crippen molar-refractivity contribution in [1.29, 1.82) is 0 Å². The standard InChI is InChI=1S/C21H20N6O/c1-2-11-23-21(28)14-7-9-15(10-8-14)27-13-19(25-26-27)18-12-24-20(22)17-6-4-3-5-16(17)18/h3-10,12-13H,2,11H2,1H3,(H2,22,24)(H,23,28). The van der Waals surface area contributed by atoms with Gasteiger partial charge in [0.2, 0.25) is 0 Å². The van der Waals surface area contributed by atoms with E-state index in [1.54, 1.807) is 23.0 Å². The Bertz CT molecular complexity index is 1130. The molecule has 0 saturated heterocycles. The van der Waals surface area contributed by atoms with Crippen molar-refractivity contribution in [2.45, 2.75) is 13.3 Å². The Morgan fingerprint density at radius 1 is 1.11 bits per heavy atom. The number of rotatable bonds is 5. The van der Waals surface area contributed by atoms with Crippen molar-refractivity contribution >= 4 is 22.5 Å². The zero-order chi connectivity index (χ0) is 19.5. The zero-order valence-corrected chi connectivity index (χ0v) is 15.5. The quantitative estimate of drug-likeness (QED) is 0.560. The average Bonchev–Trinajstić information content (AvgIpc) is 3.22. The Morgan fingerprint density at radius 3 is 2.61 bits per heavy atom. The minimum absolute atomic E-state index is 0.0768. The Hall–Kier alpha value is -3.74. The fourth-order valence-electron chi connectivity index (χ4n) is 3.04. The van der Waals surface area contributed by atoms with E-state index in [0.29, 0.717) is 23.6 Å². The smallest absolute Gasteiger partial charge is 0.251 e. The van der Waals surface area contributed by atoms with E-state index in [-0.39, 0.29) is 5.91 Å². The van der Waals surface area contributed by atoms with Crippen LogP contribution in [0.3, 0.4) is 0 Å². The first kappa shape index (κ1) is 17.7. The number of nitrogens with one attached hydrogen (secondary N) is 1. The van der Waals surface area contributed by atoms with Crippen LogP contribution in [0.5, 0.6) is 0 Å². The number of aromatic nitrogens is 4. The maximum Gasteiger partial charge on any atom is 0.251 e. The molecule has 3 N–H and O–H groups in total. The molecule has 0 bridgehead atoms. The molecule has 2 aromatic heterocycles. The highest BCUT2D eigenvalue weighted by Crippen LogP contribution is 2.29. The summed E-state index contributed by atoms with van der Waals surface area (Å²) in [5.41, 5.74) is 8.99. The lowest BCUT2D eigenvalue weighted by atomic mass is 10.1. The number of nitrogens with zero attached hydrogens (tertiary/aromatic N) is 4. The molecule has 1 amide bonds. The number of pyridine rings is 1. The molecule has 0 atom stereocenters. The van der Waals surface area contributed by atoms with E-state index in [0.717, 1.165) is 28.4 Å². The predicted octanol–water partition coefficient (Wildman–Crippen LogP) is 3.20. The van der Waals surface area contributed by atoms with Gasteiger partial charge in [0.05, 0.1) is 11.9 Å². The van der Waals surface area contributed by atoms with Gasteiger partial charge in [-0.3, -0.25) is 4.79 Å². The number of anilines is 1. The second-order valence-electron chi connectivity index (χ2n) is 6.45. The maximum absolute atomic E-state index is 12.0. The lowest BCUT2D eigenvalue weighted by Gasteiger charge is -2.06. The van der Waals surface area contributed by atoms with Gasteiger partial charge in [-0.2, -0.15) is 0 Å². The topological polar surface area (TPSA) is 98.7 Å². The second kappa shape index (κ2) is 7.48. The van der Waals surface area contributed by atoms with Crippen molar-refractivity contribution in [1.82, 2.24) is 25.3 Å². The number of hydrogen-bond donors (Lipinski definition) is 2. The summed E-state index contributed by atoms with van der Waals surface area (Å²) in [7, 11) is 0. The summed E-state index contributed by atoms with van der Waals surface area (Å²) >= 11 is 0. The highest BCUT2D eigenvalue weighted by Gasteiger charge is 2.12. The highest BCUT2D eigenvalue weighted by atomic mass is 16.1. The van der Waals surface area contributed by atoms with Gasteiger partial charge in [-0.15, -0.1) is 5.10 Å². The predicted molar refractivity (Wildman–Crippen MR) is 109 cm³/mol. The van der Waals surface area contributed by atoms with Crippen LogP contribution in [0.4, 0.5) is 5.82 Å². The fraction of sp³-hybridized carbons (Fsp3) is 0.143. The fourth-order valence-corrected chi connectivity index (χ4v) is 3.04. The first-order valence-electron chi connectivity index (χ1n) is 9.12. The van der Waals surface area contributed by atoms with E-state index in [9.17, 15) is 4.79 Å². The number of hydrogen-bond acceptors (Lipinski definition) is 5. The minimum atomic E-state index is -0.0768. The van der Waals surface area contributed by atoms with Gasteiger partial charge in [-0.1, -0.05) is 36.4 Å². The largest absolute Gasteiger partial charge is 0.383 e. The zero-order valence-electron chi connectivity index (χ0n) is 15.5. The van der Waals surface area contributed by atoms with E-state index in [2.05, 4.69) is 20.6 Å². The van der Waals surface area contributed by atoms with Crippen LogP contribution >= 0.6 is 0 Å². The Balaban J connectivity index is 1.64. The third kappa shape index (κ3) is 3.29. The molecule has 4 rings (SSSR count). The van der Waals surface area contributed by atoms with Gasteiger partial charge >= 0.3 is 0 Å². The first-order chi connectivity index (χ1) is 13.7. The van der Waals surface area contributed by atoms with Gasteiger partial charge < -0.3 is 11.1 Å². The van der Waals surface area contributed by atoms with E-state index in [4.69, 9.17) is 5.73 Å². The van der Waals surface area contributed by atoms with Gasteiger partial charge in [-0.05, 0) is 36.1 Å². The molecule has 2 heterocycles. The summed E-state index contributed by atoms with van der Waals surface area (Å²) in [5.74, 6) is 0.413. The first-order valence-corrected chi connectivity index (χ1v) is 9.12. The van der Waals surface area contributed by atoms with Crippen LogP contribution < -0.4 is 11.1 Å². The molecule has 0 fully saturated rings. The summed E-state index contributed by atoms with van der Waals surface area (Å²) in [6.07, 6.45) is 4.46. The van der Waals surface area contributed by atoms with E-state index < -0.39 is 0 Å². The van der Waals surface area contributed by atoms with E-state index >= 15 is 0 Å². The van der Waals surface area contributed by atoms with Gasteiger partial charge in [0.15, 0.2) is 0 Å². The van der Waals surface area contributed by atoms with Crippen LogP contribution in [0.2, 0.25) is 0 Å². The van der Waals surface area contributed by atoms with Crippen molar-refractivity contribution in [2.24, 2.45) is 0 Å². The molecule has 28 heavy (non-hydrogen) atoms. The average molecular weight is 372 g/mol. The summed E-state index contributed by atoms with van der Waals surface area (Å²) in [5, 5.41) is 13.2. The number of nitrogens with two attached hydrogens (primary N) is 1. The van der Waals surface area contributed by atoms with Crippen LogP contribution in [0.15, 0.2) is 60.9 Å². The molecule has 140 valence electrons. The van der Waals surface area contributed by atoms with Crippen molar-refractivity contribution in [3.63, 3.8) is 0 Å². The molecule has 4 aromatic rings. The number of benzene rings is 2. The van der Waals surface area contributed by atoms with Gasteiger partial charge in [0.25, 0.3) is 5.91 Å². The lowest BCUT2D eigenvalue weighted by molar-refractivity contribution is 0.0953. The Morgan fingerprint density at radius 2 is 1.86 bits per heavy atom. The molecular formula is C21H20N6O. The third-order valence-corrected chi connectivity index (χ3v) is 4.52. The Kier molecular flexibility index (Phi) is 4.72. The van der Waals surface area contributed by atoms with Crippen molar-refractivity contribution < 1.29 is 4.79 Å². The molecule has 0 saturated carbocycles. The summed E-state index contributed by atoms with van der Waals surface area (Å²) in [4.78, 5) is 16.3. The van der Waals surface area contributed by atoms with Gasteiger partial charge in [-0.25, -0.2) is 9.67 Å². The van der Waals surface area contributed by atoms with Crippen molar-refractivity contribution in [3.05, 3.63) is 66.5 Å². The molecule has 0 spiro atoms. The van der Waals surface area contributed by atoms with Gasteiger partial charge in [0, 0.05) is 29.3 Å². The molecule has 7 nitrogen and oxygen atoms in total. The van der Waals surface area contributed by atoms with Crippen LogP contribution in [-0.2, 0) is 0 Å². The number of fused-ring (bicyclic) bond motifs is 1. The summed E-state index contributed by atoms with van der Waals surface area (Å²) < 4.78 is 1.67. The normalized spacial score (nSPS) is 10.9. The number of amides is 1. The van der Waals surface area contributed by atoms with Gasteiger partial charge in [0.1, 0.15) is 11.5 Å². The maximum atomic E-state index is 12.0. The minimum Gasteiger partial charge on any atom is -0.383 e. The molecule has 7 heteroatoms.